The van der Waals surface area contributed by atoms with Crippen molar-refractivity contribution in [2.45, 2.75) is 23.3 Å². The van der Waals surface area contributed by atoms with E-state index in [2.05, 4.69) is 5.32 Å². The molecule has 1 amide bonds. The molecule has 9 nitrogen and oxygen atoms in total. The van der Waals surface area contributed by atoms with Crippen LogP contribution in [0.3, 0.4) is 0 Å². The van der Waals surface area contributed by atoms with Crippen LogP contribution in [-0.2, 0) is 21.4 Å². The van der Waals surface area contributed by atoms with Gasteiger partial charge in [0.2, 0.25) is 11.7 Å². The monoisotopic (exact) mass is 560 g/mol. The number of anilines is 1. The van der Waals surface area contributed by atoms with Crippen LogP contribution >= 0.6 is 11.8 Å². The Bertz CT molecular complexity index is 1330. The van der Waals surface area contributed by atoms with E-state index in [4.69, 9.17) is 18.9 Å². The number of amides is 1. The second-order valence-electron chi connectivity index (χ2n) is 7.88. The molecule has 0 saturated heterocycles. The van der Waals surface area contributed by atoms with Gasteiger partial charge in [0.25, 0.3) is 10.0 Å². The number of nitrogens with one attached hydrogen (secondary N) is 1. The quantitative estimate of drug-likeness (QED) is 0.308. The van der Waals surface area contributed by atoms with Crippen molar-refractivity contribution in [3.05, 3.63) is 66.2 Å². The van der Waals surface area contributed by atoms with Crippen molar-refractivity contribution in [2.75, 3.05) is 45.0 Å². The maximum atomic E-state index is 13.7. The normalized spacial score (nSPS) is 11.0. The van der Waals surface area contributed by atoms with Crippen molar-refractivity contribution in [3.63, 3.8) is 0 Å². The zero-order valence-corrected chi connectivity index (χ0v) is 23.6. The summed E-state index contributed by atoms with van der Waals surface area (Å²) in [5, 5.41) is 2.79. The molecule has 0 aliphatic rings. The summed E-state index contributed by atoms with van der Waals surface area (Å²) < 4.78 is 50.1. The molecule has 11 heteroatoms. The summed E-state index contributed by atoms with van der Waals surface area (Å²) in [6, 6.07) is 16.6. The third-order valence-electron chi connectivity index (χ3n) is 5.63. The molecule has 1 N–H and O–H groups in total. The van der Waals surface area contributed by atoms with Gasteiger partial charge in [0.05, 0.1) is 38.5 Å². The average Bonchev–Trinajstić information content (AvgIpc) is 2.94. The van der Waals surface area contributed by atoms with Gasteiger partial charge >= 0.3 is 0 Å². The van der Waals surface area contributed by atoms with Gasteiger partial charge in [-0.2, -0.15) is 0 Å². The summed E-state index contributed by atoms with van der Waals surface area (Å²) in [7, 11) is 0.449. The molecule has 0 heterocycles. The van der Waals surface area contributed by atoms with Crippen LogP contribution < -0.4 is 28.6 Å². The highest BCUT2D eigenvalue weighted by molar-refractivity contribution is 7.98. The molecule has 204 valence electrons. The number of ether oxygens (including phenoxy) is 4. The predicted molar refractivity (Wildman–Crippen MR) is 148 cm³/mol. The van der Waals surface area contributed by atoms with Crippen molar-refractivity contribution >= 4 is 33.4 Å². The Morgan fingerprint density at radius 2 is 1.55 bits per heavy atom. The van der Waals surface area contributed by atoms with E-state index in [9.17, 15) is 13.2 Å². The molecule has 0 bridgehead atoms. The van der Waals surface area contributed by atoms with Crippen molar-refractivity contribution in [2.24, 2.45) is 0 Å². The minimum absolute atomic E-state index is 0.0820. The molecule has 0 saturated carbocycles. The lowest BCUT2D eigenvalue weighted by Crippen LogP contribution is -2.40. The van der Waals surface area contributed by atoms with E-state index in [1.807, 2.05) is 13.2 Å². The molecule has 0 unspecified atom stereocenters. The zero-order chi connectivity index (χ0) is 27.7. The third-order valence-corrected chi connectivity index (χ3v) is 8.16. The second-order valence-corrected chi connectivity index (χ2v) is 10.6. The van der Waals surface area contributed by atoms with Crippen molar-refractivity contribution in [1.29, 1.82) is 0 Å². The fraction of sp³-hybridized carbons (Fsp3) is 0.296. The van der Waals surface area contributed by atoms with Crippen LogP contribution in [-0.4, -0.2) is 55.1 Å². The van der Waals surface area contributed by atoms with Crippen LogP contribution in [0, 0.1) is 0 Å². The van der Waals surface area contributed by atoms with E-state index < -0.39 is 22.5 Å². The summed E-state index contributed by atoms with van der Waals surface area (Å²) in [6.07, 6.45) is 1.91. The number of hydrogen-bond donors (Lipinski definition) is 1. The summed E-state index contributed by atoms with van der Waals surface area (Å²) in [4.78, 5) is 14.1. The topological polar surface area (TPSA) is 103 Å². The van der Waals surface area contributed by atoms with Crippen molar-refractivity contribution < 1.29 is 32.2 Å². The highest BCUT2D eigenvalue weighted by Gasteiger charge is 2.27. The van der Waals surface area contributed by atoms with Crippen LogP contribution in [0.4, 0.5) is 5.69 Å². The molecule has 0 aliphatic heterocycles. The summed E-state index contributed by atoms with van der Waals surface area (Å²) in [5.41, 5.74) is 0.975. The molecule has 0 aliphatic carbocycles. The second kappa shape index (κ2) is 13.3. The van der Waals surface area contributed by atoms with Crippen LogP contribution in [0.5, 0.6) is 23.0 Å². The van der Waals surface area contributed by atoms with Gasteiger partial charge in [0.15, 0.2) is 11.5 Å². The van der Waals surface area contributed by atoms with Crippen LogP contribution in [0.2, 0.25) is 0 Å². The standard InChI is InChI=1S/C27H32N2O7S2/c1-6-36-21-10-8-20(9-11-21)29(38(31,32)23-14-12-22(37-5)13-15-23)18-25(30)28-17-19-7-16-24(33-2)27(35-4)26(19)34-3/h7-16H,6,17-18H2,1-5H3,(H,28,30). The van der Waals surface area contributed by atoms with E-state index in [0.717, 1.165) is 9.20 Å². The molecule has 3 aromatic rings. The number of hydrogen-bond acceptors (Lipinski definition) is 8. The number of nitrogens with zero attached hydrogens (tertiary/aromatic N) is 1. The van der Waals surface area contributed by atoms with Crippen LogP contribution in [0.25, 0.3) is 0 Å². The smallest absolute Gasteiger partial charge is 0.264 e. The summed E-state index contributed by atoms with van der Waals surface area (Å²) in [6.45, 7) is 1.99. The SMILES string of the molecule is CCOc1ccc(N(CC(=O)NCc2ccc(OC)c(OC)c2OC)S(=O)(=O)c2ccc(SC)cc2)cc1. The van der Waals surface area contributed by atoms with E-state index in [0.29, 0.717) is 40.9 Å². The summed E-state index contributed by atoms with van der Waals surface area (Å²) >= 11 is 1.51. The molecule has 3 aromatic carbocycles. The Morgan fingerprint density at radius 1 is 0.895 bits per heavy atom. The first kappa shape index (κ1) is 29.0. The van der Waals surface area contributed by atoms with E-state index in [1.54, 1.807) is 48.5 Å². The largest absolute Gasteiger partial charge is 0.494 e. The van der Waals surface area contributed by atoms with Gasteiger partial charge in [-0.25, -0.2) is 8.42 Å². The van der Waals surface area contributed by atoms with E-state index >= 15 is 0 Å². The number of rotatable bonds is 13. The number of benzene rings is 3. The average molecular weight is 561 g/mol. The van der Waals surface area contributed by atoms with Gasteiger partial charge in [0.1, 0.15) is 12.3 Å². The first-order valence-corrected chi connectivity index (χ1v) is 14.4. The highest BCUT2D eigenvalue weighted by atomic mass is 32.2. The van der Waals surface area contributed by atoms with Gasteiger partial charge in [0, 0.05) is 17.0 Å². The van der Waals surface area contributed by atoms with Crippen molar-refractivity contribution in [1.82, 2.24) is 5.32 Å². The van der Waals surface area contributed by atoms with Gasteiger partial charge in [-0.1, -0.05) is 0 Å². The molecule has 3 rings (SSSR count). The minimum Gasteiger partial charge on any atom is -0.494 e. The van der Waals surface area contributed by atoms with Crippen LogP contribution in [0.15, 0.2) is 70.5 Å². The van der Waals surface area contributed by atoms with Gasteiger partial charge in [-0.15, -0.1) is 11.8 Å². The molecule has 38 heavy (non-hydrogen) atoms. The first-order valence-electron chi connectivity index (χ1n) is 11.7. The maximum absolute atomic E-state index is 13.7. The minimum atomic E-state index is -4.05. The number of carbonyl (C=O) groups is 1. The molecule has 0 spiro atoms. The van der Waals surface area contributed by atoms with Crippen LogP contribution in [0.1, 0.15) is 12.5 Å². The summed E-state index contributed by atoms with van der Waals surface area (Å²) in [5.74, 6) is 1.40. The molecular weight excluding hydrogens is 528 g/mol. The lowest BCUT2D eigenvalue weighted by Gasteiger charge is -2.24. The van der Waals surface area contributed by atoms with Gasteiger partial charge < -0.3 is 24.3 Å². The highest BCUT2D eigenvalue weighted by Crippen LogP contribution is 2.39. The fourth-order valence-corrected chi connectivity index (χ4v) is 5.58. The molecule has 0 fully saturated rings. The zero-order valence-electron chi connectivity index (χ0n) is 22.0. The Kier molecular flexibility index (Phi) is 10.1. The number of sulfonamides is 1. The predicted octanol–water partition coefficient (Wildman–Crippen LogP) is 4.34. The Balaban J connectivity index is 1.88. The lowest BCUT2D eigenvalue weighted by molar-refractivity contribution is -0.119. The Hall–Kier alpha value is -3.57. The van der Waals surface area contributed by atoms with Crippen molar-refractivity contribution in [3.8, 4) is 23.0 Å². The lowest BCUT2D eigenvalue weighted by atomic mass is 10.1. The number of methoxy groups -OCH3 is 3. The number of thioether (sulfide) groups is 1. The Morgan fingerprint density at radius 3 is 2.11 bits per heavy atom. The number of carbonyl (C=O) groups excluding carboxylic acids is 1. The van der Waals surface area contributed by atoms with Gasteiger partial charge in [-0.05, 0) is 73.8 Å². The van der Waals surface area contributed by atoms with E-state index in [-0.39, 0.29) is 11.4 Å². The van der Waals surface area contributed by atoms with Gasteiger partial charge in [-0.3, -0.25) is 9.10 Å². The molecule has 0 aromatic heterocycles. The Labute approximate surface area is 228 Å². The maximum Gasteiger partial charge on any atom is 0.264 e. The third kappa shape index (κ3) is 6.65. The van der Waals surface area contributed by atoms with E-state index in [1.165, 1.54) is 45.2 Å². The first-order chi connectivity index (χ1) is 18.3. The molecular formula is C27H32N2O7S2. The fourth-order valence-electron chi connectivity index (χ4n) is 3.75. The molecule has 0 atom stereocenters. The molecule has 0 radical (unpaired) electrons.